The highest BCUT2D eigenvalue weighted by molar-refractivity contribution is 5.24. The number of aliphatic hydroxyl groups excluding tert-OH is 1. The Morgan fingerprint density at radius 3 is 2.00 bits per heavy atom. The average molecular weight is 188 g/mol. The van der Waals surface area contributed by atoms with Gasteiger partial charge >= 0.3 is 0 Å². The zero-order chi connectivity index (χ0) is 9.84. The zero-order valence-corrected chi connectivity index (χ0v) is 6.74. The van der Waals surface area contributed by atoms with Crippen molar-refractivity contribution in [2.75, 3.05) is 0 Å². The van der Waals surface area contributed by atoms with E-state index in [0.717, 1.165) is 0 Å². The topological polar surface area (TPSA) is 58.3 Å². The molecule has 0 spiro atoms. The second-order valence-electron chi connectivity index (χ2n) is 2.54. The third-order valence-corrected chi connectivity index (χ3v) is 1.66. The van der Waals surface area contributed by atoms with Crippen molar-refractivity contribution in [2.45, 2.75) is 12.7 Å². The summed E-state index contributed by atoms with van der Waals surface area (Å²) in [5.41, 5.74) is 2.47. The molecule has 0 aliphatic carbocycles. The summed E-state index contributed by atoms with van der Waals surface area (Å²) in [6.07, 6.45) is -3.51. The van der Waals surface area contributed by atoms with E-state index >= 15 is 0 Å². The van der Waals surface area contributed by atoms with E-state index in [4.69, 9.17) is 10.9 Å². The fraction of sp³-hybridized carbons (Fsp3) is 0.250. The Balaban J connectivity index is 2.81. The van der Waals surface area contributed by atoms with E-state index < -0.39 is 12.7 Å². The van der Waals surface area contributed by atoms with Crippen LogP contribution in [0.15, 0.2) is 24.3 Å². The SMILES string of the molecule is NNC(O)c1ccc(C(F)F)cc1. The van der Waals surface area contributed by atoms with Gasteiger partial charge in [-0.3, -0.25) is 5.84 Å². The molecule has 0 bridgehead atoms. The Morgan fingerprint density at radius 2 is 1.62 bits per heavy atom. The quantitative estimate of drug-likeness (QED) is 0.378. The molecule has 4 N–H and O–H groups in total. The van der Waals surface area contributed by atoms with Crippen LogP contribution in [-0.2, 0) is 0 Å². The first-order chi connectivity index (χ1) is 6.15. The summed E-state index contributed by atoms with van der Waals surface area (Å²) in [6, 6.07) is 5.29. The summed E-state index contributed by atoms with van der Waals surface area (Å²) < 4.78 is 24.2. The van der Waals surface area contributed by atoms with Crippen LogP contribution in [0.2, 0.25) is 0 Å². The van der Waals surface area contributed by atoms with Crippen LogP contribution in [0.1, 0.15) is 23.8 Å². The number of halogens is 2. The lowest BCUT2D eigenvalue weighted by molar-refractivity contribution is 0.139. The first kappa shape index (κ1) is 10.0. The number of nitrogens with one attached hydrogen (secondary N) is 1. The summed E-state index contributed by atoms with van der Waals surface area (Å²) in [7, 11) is 0. The molecule has 13 heavy (non-hydrogen) atoms. The Kier molecular flexibility index (Phi) is 3.30. The molecule has 0 aromatic heterocycles. The second-order valence-corrected chi connectivity index (χ2v) is 2.54. The minimum Gasteiger partial charge on any atom is -0.373 e. The van der Waals surface area contributed by atoms with Crippen LogP contribution < -0.4 is 11.3 Å². The van der Waals surface area contributed by atoms with Gasteiger partial charge in [0.2, 0.25) is 0 Å². The van der Waals surface area contributed by atoms with Gasteiger partial charge in [0.25, 0.3) is 6.43 Å². The van der Waals surface area contributed by atoms with Crippen LogP contribution in [0.5, 0.6) is 0 Å². The molecule has 0 radical (unpaired) electrons. The van der Waals surface area contributed by atoms with E-state index in [1.165, 1.54) is 24.3 Å². The van der Waals surface area contributed by atoms with Crippen molar-refractivity contribution >= 4 is 0 Å². The van der Waals surface area contributed by atoms with E-state index in [1.807, 2.05) is 0 Å². The molecule has 1 aromatic carbocycles. The first-order valence-electron chi connectivity index (χ1n) is 3.67. The second kappa shape index (κ2) is 4.27. The van der Waals surface area contributed by atoms with Gasteiger partial charge < -0.3 is 5.11 Å². The molecule has 0 saturated heterocycles. The van der Waals surface area contributed by atoms with E-state index in [9.17, 15) is 8.78 Å². The van der Waals surface area contributed by atoms with E-state index in [1.54, 1.807) is 0 Å². The molecule has 0 aliphatic heterocycles. The predicted molar refractivity (Wildman–Crippen MR) is 43.7 cm³/mol. The highest BCUT2D eigenvalue weighted by atomic mass is 19.3. The highest BCUT2D eigenvalue weighted by Gasteiger charge is 2.08. The van der Waals surface area contributed by atoms with Crippen molar-refractivity contribution in [3.8, 4) is 0 Å². The number of nitrogens with two attached hydrogens (primary N) is 1. The van der Waals surface area contributed by atoms with Crippen LogP contribution in [0, 0.1) is 0 Å². The van der Waals surface area contributed by atoms with E-state index in [2.05, 4.69) is 5.43 Å². The molecule has 3 nitrogen and oxygen atoms in total. The monoisotopic (exact) mass is 188 g/mol. The lowest BCUT2D eigenvalue weighted by atomic mass is 10.1. The summed E-state index contributed by atoms with van der Waals surface area (Å²) in [5.74, 6) is 4.95. The summed E-state index contributed by atoms with van der Waals surface area (Å²) in [4.78, 5) is 0. The van der Waals surface area contributed by atoms with Crippen molar-refractivity contribution in [2.24, 2.45) is 5.84 Å². The molecular weight excluding hydrogens is 178 g/mol. The Labute approximate surface area is 74.1 Å². The number of rotatable bonds is 3. The third-order valence-electron chi connectivity index (χ3n) is 1.66. The van der Waals surface area contributed by atoms with Crippen molar-refractivity contribution in [1.82, 2.24) is 5.43 Å². The highest BCUT2D eigenvalue weighted by Crippen LogP contribution is 2.20. The molecule has 0 aliphatic rings. The molecule has 0 amide bonds. The number of hydrazine groups is 1. The lowest BCUT2D eigenvalue weighted by Gasteiger charge is -2.09. The third kappa shape index (κ3) is 2.45. The Bertz CT molecular complexity index is 263. The average Bonchev–Trinajstić information content (AvgIpc) is 2.17. The molecule has 0 heterocycles. The van der Waals surface area contributed by atoms with Crippen LogP contribution in [-0.4, -0.2) is 5.11 Å². The van der Waals surface area contributed by atoms with Crippen molar-refractivity contribution in [1.29, 1.82) is 0 Å². The van der Waals surface area contributed by atoms with Gasteiger partial charge in [0.05, 0.1) is 0 Å². The van der Waals surface area contributed by atoms with Gasteiger partial charge in [-0.15, -0.1) is 0 Å². The molecule has 1 rings (SSSR count). The van der Waals surface area contributed by atoms with Crippen molar-refractivity contribution in [3.05, 3.63) is 35.4 Å². The molecule has 72 valence electrons. The van der Waals surface area contributed by atoms with Gasteiger partial charge in [-0.25, -0.2) is 14.2 Å². The molecule has 0 saturated carbocycles. The number of aliphatic hydroxyl groups is 1. The number of benzene rings is 1. The van der Waals surface area contributed by atoms with Crippen LogP contribution in [0.3, 0.4) is 0 Å². The fourth-order valence-corrected chi connectivity index (χ4v) is 0.920. The van der Waals surface area contributed by atoms with Gasteiger partial charge in [0.15, 0.2) is 0 Å². The zero-order valence-electron chi connectivity index (χ0n) is 6.74. The fourth-order valence-electron chi connectivity index (χ4n) is 0.920. The molecule has 1 unspecified atom stereocenters. The molecule has 1 atom stereocenters. The van der Waals surface area contributed by atoms with Gasteiger partial charge in [0, 0.05) is 5.56 Å². The van der Waals surface area contributed by atoms with Gasteiger partial charge in [-0.1, -0.05) is 24.3 Å². The lowest BCUT2D eigenvalue weighted by Crippen LogP contribution is -2.27. The number of alkyl halides is 2. The van der Waals surface area contributed by atoms with Crippen molar-refractivity contribution < 1.29 is 13.9 Å². The molecule has 5 heteroatoms. The predicted octanol–water partition coefficient (Wildman–Crippen LogP) is 1.08. The van der Waals surface area contributed by atoms with Gasteiger partial charge in [-0.05, 0) is 5.56 Å². The van der Waals surface area contributed by atoms with E-state index in [0.29, 0.717) is 5.56 Å². The van der Waals surface area contributed by atoms with Crippen LogP contribution >= 0.6 is 0 Å². The minimum atomic E-state index is -2.49. The van der Waals surface area contributed by atoms with E-state index in [-0.39, 0.29) is 5.56 Å². The molecule has 0 fully saturated rings. The van der Waals surface area contributed by atoms with Crippen LogP contribution in [0.25, 0.3) is 0 Å². The molecular formula is C8H10F2N2O. The minimum absolute atomic E-state index is 0.0760. The Hall–Kier alpha value is -1.04. The summed E-state index contributed by atoms with van der Waals surface area (Å²) in [6.45, 7) is 0. The standard InChI is InChI=1S/C8H10F2N2O/c9-7(10)5-1-3-6(4-2-5)8(13)12-11/h1-4,7-8,12-13H,11H2. The maximum Gasteiger partial charge on any atom is 0.263 e. The summed E-state index contributed by atoms with van der Waals surface area (Å²) in [5, 5.41) is 9.14. The number of hydrogen-bond acceptors (Lipinski definition) is 3. The van der Waals surface area contributed by atoms with Crippen LogP contribution in [0.4, 0.5) is 8.78 Å². The first-order valence-corrected chi connectivity index (χ1v) is 3.67. The molecule has 1 aromatic rings. The summed E-state index contributed by atoms with van der Waals surface area (Å²) >= 11 is 0. The maximum atomic E-state index is 12.1. The number of hydrogen-bond donors (Lipinski definition) is 3. The van der Waals surface area contributed by atoms with Crippen molar-refractivity contribution in [3.63, 3.8) is 0 Å². The van der Waals surface area contributed by atoms with Gasteiger partial charge in [-0.2, -0.15) is 0 Å². The Morgan fingerprint density at radius 1 is 1.15 bits per heavy atom. The normalized spacial score (nSPS) is 13.3. The van der Waals surface area contributed by atoms with Gasteiger partial charge in [0.1, 0.15) is 6.23 Å². The largest absolute Gasteiger partial charge is 0.373 e. The smallest absolute Gasteiger partial charge is 0.263 e. The maximum absolute atomic E-state index is 12.1.